The summed E-state index contributed by atoms with van der Waals surface area (Å²) in [6.07, 6.45) is 2.70. The van der Waals surface area contributed by atoms with E-state index in [0.29, 0.717) is 16.2 Å². The standard InChI is InChI=1S/C15H30N2/c1-13(2)12(14(13,3)4)9-17-11-15(5)7-6-8-16-10-15/h12,16-17H,6-11H2,1-5H3. The van der Waals surface area contributed by atoms with Gasteiger partial charge in [0, 0.05) is 13.1 Å². The van der Waals surface area contributed by atoms with E-state index in [1.165, 1.54) is 39.0 Å². The molecule has 1 aliphatic heterocycles. The molecule has 1 unspecified atom stereocenters. The maximum Gasteiger partial charge on any atom is 0.00175 e. The summed E-state index contributed by atoms with van der Waals surface area (Å²) in [5.74, 6) is 0.843. The lowest BCUT2D eigenvalue weighted by molar-refractivity contribution is 0.224. The summed E-state index contributed by atoms with van der Waals surface area (Å²) in [5.41, 5.74) is 1.51. The fourth-order valence-corrected chi connectivity index (χ4v) is 3.63. The third-order valence-corrected chi connectivity index (χ3v) is 5.91. The molecule has 0 spiro atoms. The predicted octanol–water partition coefficient (Wildman–Crippen LogP) is 2.65. The first kappa shape index (κ1) is 13.4. The fourth-order valence-electron chi connectivity index (χ4n) is 3.63. The Labute approximate surface area is 107 Å². The van der Waals surface area contributed by atoms with E-state index < -0.39 is 0 Å². The van der Waals surface area contributed by atoms with Crippen LogP contribution in [0.5, 0.6) is 0 Å². The van der Waals surface area contributed by atoms with E-state index in [1.807, 2.05) is 0 Å². The SMILES string of the molecule is CC1(CNCC2C(C)(C)C2(C)C)CCCNC1. The van der Waals surface area contributed by atoms with E-state index in [-0.39, 0.29) is 0 Å². The van der Waals surface area contributed by atoms with Crippen LogP contribution in [0.3, 0.4) is 0 Å². The zero-order valence-electron chi connectivity index (χ0n) is 12.3. The quantitative estimate of drug-likeness (QED) is 0.787. The molecule has 2 rings (SSSR count). The number of hydrogen-bond acceptors (Lipinski definition) is 2. The van der Waals surface area contributed by atoms with Crippen molar-refractivity contribution >= 4 is 0 Å². The van der Waals surface area contributed by atoms with Crippen LogP contribution in [0, 0.1) is 22.2 Å². The van der Waals surface area contributed by atoms with E-state index in [9.17, 15) is 0 Å². The van der Waals surface area contributed by atoms with Crippen LogP contribution in [0.1, 0.15) is 47.5 Å². The molecule has 0 aromatic heterocycles. The van der Waals surface area contributed by atoms with E-state index in [0.717, 1.165) is 5.92 Å². The lowest BCUT2D eigenvalue weighted by Gasteiger charge is -2.34. The van der Waals surface area contributed by atoms with Crippen LogP contribution in [0.4, 0.5) is 0 Å². The fraction of sp³-hybridized carbons (Fsp3) is 1.00. The minimum atomic E-state index is 0.474. The van der Waals surface area contributed by atoms with Crippen molar-refractivity contribution in [3.05, 3.63) is 0 Å². The van der Waals surface area contributed by atoms with Crippen molar-refractivity contribution in [1.29, 1.82) is 0 Å². The summed E-state index contributed by atoms with van der Waals surface area (Å²) in [7, 11) is 0. The van der Waals surface area contributed by atoms with Crippen LogP contribution in [-0.2, 0) is 0 Å². The summed E-state index contributed by atoms with van der Waals surface area (Å²) in [6, 6.07) is 0. The Morgan fingerprint density at radius 1 is 1.12 bits per heavy atom. The molecule has 2 fully saturated rings. The second-order valence-electron chi connectivity index (χ2n) is 7.72. The van der Waals surface area contributed by atoms with Gasteiger partial charge in [-0.2, -0.15) is 0 Å². The Morgan fingerprint density at radius 2 is 1.76 bits per heavy atom. The summed E-state index contributed by atoms with van der Waals surface area (Å²) in [5, 5.41) is 7.25. The zero-order valence-corrected chi connectivity index (χ0v) is 12.3. The van der Waals surface area contributed by atoms with Gasteiger partial charge in [0.1, 0.15) is 0 Å². The minimum Gasteiger partial charge on any atom is -0.316 e. The highest BCUT2D eigenvalue weighted by atomic mass is 15.0. The van der Waals surface area contributed by atoms with Crippen molar-refractivity contribution in [1.82, 2.24) is 10.6 Å². The molecule has 0 bridgehead atoms. The van der Waals surface area contributed by atoms with Crippen LogP contribution in [0.15, 0.2) is 0 Å². The van der Waals surface area contributed by atoms with Crippen molar-refractivity contribution in [2.45, 2.75) is 47.5 Å². The van der Waals surface area contributed by atoms with Crippen LogP contribution in [0.2, 0.25) is 0 Å². The number of rotatable bonds is 4. The van der Waals surface area contributed by atoms with Gasteiger partial charge in [0.05, 0.1) is 0 Å². The van der Waals surface area contributed by atoms with Gasteiger partial charge in [0.2, 0.25) is 0 Å². The summed E-state index contributed by atoms with van der Waals surface area (Å²) < 4.78 is 0. The van der Waals surface area contributed by atoms with Crippen molar-refractivity contribution < 1.29 is 0 Å². The summed E-state index contributed by atoms with van der Waals surface area (Å²) >= 11 is 0. The lowest BCUT2D eigenvalue weighted by Crippen LogP contribution is -2.44. The highest BCUT2D eigenvalue weighted by Crippen LogP contribution is 2.67. The Hall–Kier alpha value is -0.0800. The normalized spacial score (nSPS) is 35.8. The van der Waals surface area contributed by atoms with E-state index in [1.54, 1.807) is 0 Å². The van der Waals surface area contributed by atoms with Gasteiger partial charge in [-0.1, -0.05) is 34.6 Å². The Bertz CT molecular complexity index is 261. The highest BCUT2D eigenvalue weighted by molar-refractivity contribution is 5.12. The third-order valence-electron chi connectivity index (χ3n) is 5.91. The predicted molar refractivity (Wildman–Crippen MR) is 74.1 cm³/mol. The molecular formula is C15H30N2. The molecule has 1 atom stereocenters. The maximum atomic E-state index is 3.73. The number of nitrogens with one attached hydrogen (secondary N) is 2. The number of hydrogen-bond donors (Lipinski definition) is 2. The average Bonchev–Trinajstić information content (AvgIpc) is 2.61. The zero-order chi connectivity index (χ0) is 12.7. The molecule has 1 aliphatic carbocycles. The maximum absolute atomic E-state index is 3.73. The van der Waals surface area contributed by atoms with Gasteiger partial charge in [0.25, 0.3) is 0 Å². The first-order chi connectivity index (χ1) is 7.80. The first-order valence-electron chi connectivity index (χ1n) is 7.21. The van der Waals surface area contributed by atoms with Crippen LogP contribution >= 0.6 is 0 Å². The molecule has 0 amide bonds. The Kier molecular flexibility index (Phi) is 3.33. The second-order valence-corrected chi connectivity index (χ2v) is 7.72. The molecule has 2 heteroatoms. The monoisotopic (exact) mass is 238 g/mol. The lowest BCUT2D eigenvalue weighted by atomic mass is 9.83. The third kappa shape index (κ3) is 2.39. The van der Waals surface area contributed by atoms with Gasteiger partial charge in [-0.3, -0.25) is 0 Å². The van der Waals surface area contributed by atoms with E-state index in [2.05, 4.69) is 45.3 Å². The molecule has 0 aromatic rings. The molecule has 100 valence electrons. The Morgan fingerprint density at radius 3 is 2.24 bits per heavy atom. The molecule has 2 aliphatic rings. The number of piperidine rings is 1. The van der Waals surface area contributed by atoms with Crippen molar-refractivity contribution in [3.63, 3.8) is 0 Å². The van der Waals surface area contributed by atoms with Crippen LogP contribution in [0.25, 0.3) is 0 Å². The topological polar surface area (TPSA) is 24.1 Å². The van der Waals surface area contributed by atoms with Crippen molar-refractivity contribution in [2.24, 2.45) is 22.2 Å². The van der Waals surface area contributed by atoms with Gasteiger partial charge in [-0.15, -0.1) is 0 Å². The minimum absolute atomic E-state index is 0.474. The van der Waals surface area contributed by atoms with Gasteiger partial charge in [-0.25, -0.2) is 0 Å². The highest BCUT2D eigenvalue weighted by Gasteiger charge is 2.63. The van der Waals surface area contributed by atoms with E-state index in [4.69, 9.17) is 0 Å². The van der Waals surface area contributed by atoms with Gasteiger partial charge in [-0.05, 0) is 48.1 Å². The smallest absolute Gasteiger partial charge is 0.00175 e. The van der Waals surface area contributed by atoms with E-state index >= 15 is 0 Å². The van der Waals surface area contributed by atoms with Crippen molar-refractivity contribution in [2.75, 3.05) is 26.2 Å². The summed E-state index contributed by atoms with van der Waals surface area (Å²) in [6.45, 7) is 16.8. The Balaban J connectivity index is 1.74. The largest absolute Gasteiger partial charge is 0.316 e. The molecule has 2 N–H and O–H groups in total. The first-order valence-corrected chi connectivity index (χ1v) is 7.21. The molecule has 2 nitrogen and oxygen atoms in total. The second kappa shape index (κ2) is 4.24. The molecule has 1 heterocycles. The molecule has 17 heavy (non-hydrogen) atoms. The molecular weight excluding hydrogens is 208 g/mol. The van der Waals surface area contributed by atoms with Gasteiger partial charge < -0.3 is 10.6 Å². The van der Waals surface area contributed by atoms with Gasteiger partial charge in [0.15, 0.2) is 0 Å². The molecule has 1 saturated heterocycles. The average molecular weight is 238 g/mol. The summed E-state index contributed by atoms with van der Waals surface area (Å²) in [4.78, 5) is 0. The van der Waals surface area contributed by atoms with Crippen LogP contribution in [-0.4, -0.2) is 26.2 Å². The molecule has 0 radical (unpaired) electrons. The van der Waals surface area contributed by atoms with Crippen LogP contribution < -0.4 is 10.6 Å². The molecule has 0 aromatic carbocycles. The van der Waals surface area contributed by atoms with Crippen molar-refractivity contribution in [3.8, 4) is 0 Å². The van der Waals surface area contributed by atoms with Gasteiger partial charge >= 0.3 is 0 Å². The molecule has 1 saturated carbocycles.